The smallest absolute Gasteiger partial charge is 0.336 e. The normalized spacial score (nSPS) is 11.3. The summed E-state index contributed by atoms with van der Waals surface area (Å²) in [6.07, 6.45) is 0. The molecule has 160 valence electrons. The van der Waals surface area contributed by atoms with Gasteiger partial charge >= 0.3 is 5.63 Å². The van der Waals surface area contributed by atoms with Gasteiger partial charge in [0, 0.05) is 17.2 Å². The molecule has 2 heterocycles. The third kappa shape index (κ3) is 3.90. The molecule has 0 aliphatic carbocycles. The molecule has 0 saturated heterocycles. The molecule has 0 atom stereocenters. The SMILES string of the molecule is Nn1c(COc2ccc(F)cc2)nnc1SCc1cc(=O)oc2ccc3ccccc3c12. The van der Waals surface area contributed by atoms with Crippen molar-refractivity contribution in [3.8, 4) is 5.75 Å². The zero-order valence-corrected chi connectivity index (χ0v) is 17.5. The number of aromatic nitrogens is 3. The van der Waals surface area contributed by atoms with Crippen LogP contribution in [0.1, 0.15) is 11.4 Å². The van der Waals surface area contributed by atoms with Crippen molar-refractivity contribution in [1.82, 2.24) is 14.9 Å². The average molecular weight is 448 g/mol. The van der Waals surface area contributed by atoms with Crippen LogP contribution in [0.2, 0.25) is 0 Å². The molecule has 0 amide bonds. The van der Waals surface area contributed by atoms with Crippen molar-refractivity contribution in [2.45, 2.75) is 17.5 Å². The first-order valence-electron chi connectivity index (χ1n) is 9.73. The van der Waals surface area contributed by atoms with Gasteiger partial charge in [-0.1, -0.05) is 42.1 Å². The van der Waals surface area contributed by atoms with Crippen LogP contribution in [0.15, 0.2) is 81.1 Å². The van der Waals surface area contributed by atoms with E-state index in [1.165, 1.54) is 46.8 Å². The summed E-state index contributed by atoms with van der Waals surface area (Å²) in [6.45, 7) is 0.0815. The minimum atomic E-state index is -0.411. The maximum atomic E-state index is 13.0. The third-order valence-corrected chi connectivity index (χ3v) is 5.98. The van der Waals surface area contributed by atoms with Crippen molar-refractivity contribution < 1.29 is 13.5 Å². The molecule has 0 unspecified atom stereocenters. The molecule has 5 rings (SSSR count). The van der Waals surface area contributed by atoms with Crippen LogP contribution >= 0.6 is 11.8 Å². The van der Waals surface area contributed by atoms with Gasteiger partial charge in [-0.15, -0.1) is 10.2 Å². The number of ether oxygens (including phenoxy) is 1. The van der Waals surface area contributed by atoms with Crippen molar-refractivity contribution in [2.24, 2.45) is 0 Å². The molecule has 0 fully saturated rings. The molecule has 0 radical (unpaired) electrons. The number of nitrogens with zero attached hydrogens (tertiary/aromatic N) is 3. The predicted octanol–water partition coefficient (Wildman–Crippen LogP) is 4.26. The van der Waals surface area contributed by atoms with Crippen LogP contribution in [-0.2, 0) is 12.4 Å². The zero-order valence-electron chi connectivity index (χ0n) is 16.7. The van der Waals surface area contributed by atoms with E-state index in [1.54, 1.807) is 0 Å². The Labute approximate surface area is 185 Å². The number of fused-ring (bicyclic) bond motifs is 3. The van der Waals surface area contributed by atoms with Crippen LogP contribution < -0.4 is 16.2 Å². The highest BCUT2D eigenvalue weighted by atomic mass is 32.2. The molecule has 32 heavy (non-hydrogen) atoms. The van der Waals surface area contributed by atoms with Gasteiger partial charge in [0.1, 0.15) is 23.8 Å². The van der Waals surface area contributed by atoms with Crippen LogP contribution in [0.5, 0.6) is 5.75 Å². The van der Waals surface area contributed by atoms with E-state index in [0.717, 1.165) is 21.7 Å². The Kier molecular flexibility index (Phi) is 5.24. The van der Waals surface area contributed by atoms with Gasteiger partial charge in [-0.3, -0.25) is 0 Å². The topological polar surface area (TPSA) is 96.2 Å². The van der Waals surface area contributed by atoms with Crippen LogP contribution in [0, 0.1) is 5.82 Å². The van der Waals surface area contributed by atoms with E-state index in [0.29, 0.717) is 28.1 Å². The number of hydrogen-bond acceptors (Lipinski definition) is 7. The minimum absolute atomic E-state index is 0.0815. The van der Waals surface area contributed by atoms with E-state index in [2.05, 4.69) is 10.2 Å². The van der Waals surface area contributed by atoms with Gasteiger partial charge in [0.15, 0.2) is 5.82 Å². The van der Waals surface area contributed by atoms with E-state index < -0.39 is 5.63 Å². The second-order valence-corrected chi connectivity index (χ2v) is 7.99. The van der Waals surface area contributed by atoms with Crippen molar-refractivity contribution in [2.75, 3.05) is 5.84 Å². The average Bonchev–Trinajstić information content (AvgIpc) is 3.16. The Morgan fingerprint density at radius 2 is 1.88 bits per heavy atom. The van der Waals surface area contributed by atoms with Crippen molar-refractivity contribution in [3.63, 3.8) is 0 Å². The van der Waals surface area contributed by atoms with Gasteiger partial charge in [0.2, 0.25) is 5.16 Å². The van der Waals surface area contributed by atoms with Crippen LogP contribution in [0.3, 0.4) is 0 Å². The summed E-state index contributed by atoms with van der Waals surface area (Å²) >= 11 is 1.36. The monoisotopic (exact) mass is 448 g/mol. The molecular weight excluding hydrogens is 431 g/mol. The van der Waals surface area contributed by atoms with Gasteiger partial charge in [-0.25, -0.2) is 13.9 Å². The van der Waals surface area contributed by atoms with Crippen LogP contribution in [0.25, 0.3) is 21.7 Å². The van der Waals surface area contributed by atoms with E-state index in [-0.39, 0.29) is 12.4 Å². The van der Waals surface area contributed by atoms with E-state index in [1.807, 2.05) is 36.4 Å². The molecule has 3 aromatic carbocycles. The molecule has 2 aromatic heterocycles. The lowest BCUT2D eigenvalue weighted by atomic mass is 10.0. The first-order chi connectivity index (χ1) is 15.6. The Morgan fingerprint density at radius 1 is 1.06 bits per heavy atom. The quantitative estimate of drug-likeness (QED) is 0.179. The van der Waals surface area contributed by atoms with Crippen molar-refractivity contribution in [1.29, 1.82) is 0 Å². The largest absolute Gasteiger partial charge is 0.486 e. The first kappa shape index (κ1) is 20.1. The fraction of sp³-hybridized carbons (Fsp3) is 0.0870. The molecule has 2 N–H and O–H groups in total. The predicted molar refractivity (Wildman–Crippen MR) is 120 cm³/mol. The summed E-state index contributed by atoms with van der Waals surface area (Å²) in [5.41, 5.74) is 0.950. The lowest BCUT2D eigenvalue weighted by Crippen LogP contribution is -2.15. The van der Waals surface area contributed by atoms with E-state index >= 15 is 0 Å². The first-order valence-corrected chi connectivity index (χ1v) is 10.7. The lowest BCUT2D eigenvalue weighted by Gasteiger charge is -2.09. The molecule has 0 saturated carbocycles. The summed E-state index contributed by atoms with van der Waals surface area (Å²) in [4.78, 5) is 12.1. The standard InChI is InChI=1S/C23H17FN4O3S/c24-16-6-8-17(9-7-16)30-12-20-26-27-23(28(20)25)32-13-15-11-21(29)31-19-10-5-14-3-1-2-4-18(14)22(15)19/h1-11H,12-13,25H2. The summed E-state index contributed by atoms with van der Waals surface area (Å²) < 4.78 is 25.4. The Hall–Kier alpha value is -3.85. The van der Waals surface area contributed by atoms with Gasteiger partial charge in [0.25, 0.3) is 0 Å². The van der Waals surface area contributed by atoms with Crippen molar-refractivity contribution >= 4 is 33.5 Å². The molecule has 0 spiro atoms. The highest BCUT2D eigenvalue weighted by Crippen LogP contribution is 2.31. The molecule has 0 aliphatic heterocycles. The molecule has 7 nitrogen and oxygen atoms in total. The van der Waals surface area contributed by atoms with Gasteiger partial charge in [0.05, 0.1) is 0 Å². The third-order valence-electron chi connectivity index (χ3n) is 4.99. The number of halogens is 1. The fourth-order valence-corrected chi connectivity index (χ4v) is 4.31. The fourth-order valence-electron chi connectivity index (χ4n) is 3.46. The number of nitrogens with two attached hydrogens (primary N) is 1. The maximum Gasteiger partial charge on any atom is 0.336 e. The maximum absolute atomic E-state index is 13.0. The zero-order chi connectivity index (χ0) is 22.1. The Bertz CT molecular complexity index is 1480. The number of rotatable bonds is 6. The Balaban J connectivity index is 1.38. The molecular formula is C23H17FN4O3S. The van der Waals surface area contributed by atoms with Gasteiger partial charge in [-0.2, -0.15) is 0 Å². The second kappa shape index (κ2) is 8.35. The number of nitrogen functional groups attached to an aromatic ring is 1. The summed E-state index contributed by atoms with van der Waals surface area (Å²) in [7, 11) is 0. The molecule has 9 heteroatoms. The highest BCUT2D eigenvalue weighted by Gasteiger charge is 2.14. The van der Waals surface area contributed by atoms with Crippen molar-refractivity contribution in [3.05, 3.63) is 94.4 Å². The summed E-state index contributed by atoms with van der Waals surface area (Å²) in [5, 5.41) is 11.6. The van der Waals surface area contributed by atoms with E-state index in [4.69, 9.17) is 15.0 Å². The number of benzene rings is 3. The van der Waals surface area contributed by atoms with E-state index in [9.17, 15) is 9.18 Å². The number of thioether (sulfide) groups is 1. The lowest BCUT2D eigenvalue weighted by molar-refractivity contribution is 0.291. The molecule has 5 aromatic rings. The van der Waals surface area contributed by atoms with Gasteiger partial charge < -0.3 is 15.0 Å². The molecule has 0 bridgehead atoms. The Morgan fingerprint density at radius 3 is 2.72 bits per heavy atom. The van der Waals surface area contributed by atoms with Gasteiger partial charge in [-0.05, 0) is 46.7 Å². The van der Waals surface area contributed by atoms with Crippen LogP contribution in [-0.4, -0.2) is 14.9 Å². The summed E-state index contributed by atoms with van der Waals surface area (Å²) in [6, 6.07) is 18.9. The second-order valence-electron chi connectivity index (χ2n) is 7.05. The summed E-state index contributed by atoms with van der Waals surface area (Å²) in [5.74, 6) is 7.16. The van der Waals surface area contributed by atoms with Crippen LogP contribution in [0.4, 0.5) is 4.39 Å². The number of hydrogen-bond donors (Lipinski definition) is 1. The molecule has 0 aliphatic rings. The minimum Gasteiger partial charge on any atom is -0.486 e. The highest BCUT2D eigenvalue weighted by molar-refractivity contribution is 7.98.